The maximum atomic E-state index is 15.5. The standard InChI is InChI=1S/C25H22ClF3IN5O3S/c26-18-11-14(30)1-6-19(18)33-23-17(25(36)32-15-2-3-15)10-13(20(27)22(23)29)9-12-7-8-31-24(21(12)28)35-39(37,38)34-16-4-5-16/h1,6-8,10-11,15-16,33-34H,2-5,9H2,(H,31,35)(H,32,36). The van der Waals surface area contributed by atoms with E-state index in [0.29, 0.717) is 12.8 Å². The fourth-order valence-electron chi connectivity index (χ4n) is 3.80. The third kappa shape index (κ3) is 6.76. The number of benzene rings is 2. The Labute approximate surface area is 241 Å². The predicted molar refractivity (Wildman–Crippen MR) is 150 cm³/mol. The van der Waals surface area contributed by atoms with Crippen LogP contribution in [0.25, 0.3) is 0 Å². The molecule has 2 aliphatic carbocycles. The van der Waals surface area contributed by atoms with Gasteiger partial charge in [0.2, 0.25) is 0 Å². The molecule has 39 heavy (non-hydrogen) atoms. The number of hydrogen-bond acceptors (Lipinski definition) is 5. The van der Waals surface area contributed by atoms with E-state index in [-0.39, 0.29) is 39.5 Å². The molecule has 2 aliphatic rings. The molecule has 5 rings (SSSR count). The molecule has 4 N–H and O–H groups in total. The van der Waals surface area contributed by atoms with E-state index in [9.17, 15) is 13.2 Å². The summed E-state index contributed by atoms with van der Waals surface area (Å²) in [7, 11) is -4.07. The molecule has 1 aromatic heterocycles. The van der Waals surface area contributed by atoms with Crippen LogP contribution < -0.4 is 20.1 Å². The zero-order valence-electron chi connectivity index (χ0n) is 20.1. The number of nitrogens with zero attached hydrogens (tertiary/aromatic N) is 1. The summed E-state index contributed by atoms with van der Waals surface area (Å²) >= 11 is 8.31. The second-order valence-electron chi connectivity index (χ2n) is 9.39. The molecule has 1 amide bonds. The van der Waals surface area contributed by atoms with Gasteiger partial charge in [-0.25, -0.2) is 18.2 Å². The van der Waals surface area contributed by atoms with E-state index < -0.39 is 51.5 Å². The third-order valence-electron chi connectivity index (χ3n) is 6.11. The third-order valence-corrected chi connectivity index (χ3v) is 8.20. The zero-order valence-corrected chi connectivity index (χ0v) is 23.9. The molecule has 3 aromatic rings. The largest absolute Gasteiger partial charge is 0.351 e. The first-order valence-corrected chi connectivity index (χ1v) is 14.9. The molecule has 14 heteroatoms. The molecule has 2 saturated carbocycles. The highest BCUT2D eigenvalue weighted by molar-refractivity contribution is 14.1. The number of aromatic nitrogens is 1. The summed E-state index contributed by atoms with van der Waals surface area (Å²) in [6.45, 7) is 0. The number of rotatable bonds is 10. The van der Waals surface area contributed by atoms with Crippen molar-refractivity contribution in [3.8, 4) is 0 Å². The SMILES string of the molecule is O=C(NC1CC1)c1cc(Cc2ccnc(NS(=O)(=O)NC3CC3)c2F)c(F)c(F)c1Nc1ccc(I)cc1Cl. The monoisotopic (exact) mass is 691 g/mol. The Bertz CT molecular complexity index is 1570. The van der Waals surface area contributed by atoms with Crippen molar-refractivity contribution < 1.29 is 26.4 Å². The fourth-order valence-corrected chi connectivity index (χ4v) is 5.83. The Hall–Kier alpha value is -2.62. The van der Waals surface area contributed by atoms with Gasteiger partial charge in [0, 0.05) is 28.3 Å². The molecule has 0 saturated heterocycles. The van der Waals surface area contributed by atoms with Crippen LogP contribution in [-0.2, 0) is 16.6 Å². The van der Waals surface area contributed by atoms with Crippen LogP contribution in [0.2, 0.25) is 5.02 Å². The summed E-state index contributed by atoms with van der Waals surface area (Å²) in [5, 5.41) is 5.73. The molecule has 0 aliphatic heterocycles. The van der Waals surface area contributed by atoms with E-state index >= 15 is 13.2 Å². The van der Waals surface area contributed by atoms with Gasteiger partial charge in [-0.1, -0.05) is 11.6 Å². The molecule has 2 fully saturated rings. The summed E-state index contributed by atoms with van der Waals surface area (Å²) in [5.74, 6) is -4.89. The minimum absolute atomic E-state index is 0.0683. The van der Waals surface area contributed by atoms with Gasteiger partial charge in [-0.3, -0.25) is 9.52 Å². The number of hydrogen-bond donors (Lipinski definition) is 4. The van der Waals surface area contributed by atoms with Crippen LogP contribution in [0.1, 0.15) is 47.2 Å². The second kappa shape index (κ2) is 11.1. The van der Waals surface area contributed by atoms with Crippen molar-refractivity contribution in [2.75, 3.05) is 10.0 Å². The Morgan fingerprint density at radius 1 is 1.00 bits per heavy atom. The maximum absolute atomic E-state index is 15.5. The first-order valence-electron chi connectivity index (χ1n) is 12.0. The van der Waals surface area contributed by atoms with Crippen LogP contribution in [0.4, 0.5) is 30.4 Å². The van der Waals surface area contributed by atoms with Crippen molar-refractivity contribution in [3.63, 3.8) is 0 Å². The summed E-state index contributed by atoms with van der Waals surface area (Å²) in [6.07, 6.45) is 3.57. The van der Waals surface area contributed by atoms with E-state index in [1.54, 1.807) is 18.2 Å². The van der Waals surface area contributed by atoms with Crippen LogP contribution in [0.5, 0.6) is 0 Å². The van der Waals surface area contributed by atoms with Gasteiger partial charge in [0.05, 0.1) is 22.0 Å². The Morgan fingerprint density at radius 2 is 1.72 bits per heavy atom. The Kier molecular flexibility index (Phi) is 7.95. The highest BCUT2D eigenvalue weighted by Crippen LogP contribution is 2.34. The second-order valence-corrected chi connectivity index (χ2v) is 12.5. The molecule has 1 heterocycles. The van der Waals surface area contributed by atoms with Gasteiger partial charge in [-0.2, -0.15) is 13.1 Å². The van der Waals surface area contributed by atoms with Crippen LogP contribution in [0.3, 0.4) is 0 Å². The normalized spacial score (nSPS) is 15.2. The molecular weight excluding hydrogens is 670 g/mol. The predicted octanol–water partition coefficient (Wildman–Crippen LogP) is 5.39. The molecule has 206 valence electrons. The van der Waals surface area contributed by atoms with Gasteiger partial charge in [0.15, 0.2) is 23.3 Å². The molecule has 0 radical (unpaired) electrons. The number of pyridine rings is 1. The summed E-state index contributed by atoms with van der Waals surface area (Å²) in [4.78, 5) is 16.8. The number of nitrogens with one attached hydrogen (secondary N) is 4. The fraction of sp³-hybridized carbons (Fsp3) is 0.280. The lowest BCUT2D eigenvalue weighted by Crippen LogP contribution is -2.32. The van der Waals surface area contributed by atoms with E-state index in [2.05, 4.69) is 20.3 Å². The maximum Gasteiger partial charge on any atom is 0.300 e. The molecule has 2 aromatic carbocycles. The van der Waals surface area contributed by atoms with E-state index in [4.69, 9.17) is 11.6 Å². The molecular formula is C25H22ClF3IN5O3S. The van der Waals surface area contributed by atoms with E-state index in [0.717, 1.165) is 28.7 Å². The van der Waals surface area contributed by atoms with Crippen LogP contribution >= 0.6 is 34.2 Å². The van der Waals surface area contributed by atoms with Crippen LogP contribution in [0, 0.1) is 21.0 Å². The first kappa shape index (κ1) is 27.9. The van der Waals surface area contributed by atoms with Crippen molar-refractivity contribution in [1.82, 2.24) is 15.0 Å². The zero-order chi connectivity index (χ0) is 27.9. The van der Waals surface area contributed by atoms with E-state index in [1.165, 1.54) is 6.07 Å². The number of carbonyl (C=O) groups is 1. The van der Waals surface area contributed by atoms with Crippen LogP contribution in [0.15, 0.2) is 36.5 Å². The Morgan fingerprint density at radius 3 is 2.38 bits per heavy atom. The molecule has 0 unspecified atom stereocenters. The van der Waals surface area contributed by atoms with Crippen molar-refractivity contribution in [3.05, 3.63) is 79.3 Å². The first-order chi connectivity index (χ1) is 18.5. The molecule has 0 spiro atoms. The number of halogens is 5. The van der Waals surface area contributed by atoms with Crippen molar-refractivity contribution in [1.29, 1.82) is 0 Å². The number of carbonyl (C=O) groups excluding carboxylic acids is 1. The lowest BCUT2D eigenvalue weighted by Gasteiger charge is -2.17. The van der Waals surface area contributed by atoms with Crippen LogP contribution in [-0.4, -0.2) is 31.4 Å². The van der Waals surface area contributed by atoms with Gasteiger partial charge in [0.25, 0.3) is 5.91 Å². The van der Waals surface area contributed by atoms with Gasteiger partial charge >= 0.3 is 10.2 Å². The molecule has 0 atom stereocenters. The minimum Gasteiger partial charge on any atom is -0.351 e. The summed E-state index contributed by atoms with van der Waals surface area (Å²) < 4.78 is 75.7. The van der Waals surface area contributed by atoms with Crippen molar-refractivity contribution in [2.24, 2.45) is 0 Å². The smallest absolute Gasteiger partial charge is 0.300 e. The van der Waals surface area contributed by atoms with Gasteiger partial charge in [0.1, 0.15) is 0 Å². The highest BCUT2D eigenvalue weighted by Gasteiger charge is 2.30. The van der Waals surface area contributed by atoms with Gasteiger partial charge < -0.3 is 10.6 Å². The molecule has 0 bridgehead atoms. The average molecular weight is 692 g/mol. The number of amides is 1. The lowest BCUT2D eigenvalue weighted by molar-refractivity contribution is 0.0951. The quantitative estimate of drug-likeness (QED) is 0.213. The minimum atomic E-state index is -4.07. The van der Waals surface area contributed by atoms with Gasteiger partial charge in [-0.15, -0.1) is 0 Å². The highest BCUT2D eigenvalue weighted by atomic mass is 127. The summed E-state index contributed by atoms with van der Waals surface area (Å²) in [5.41, 5.74) is -0.785. The lowest BCUT2D eigenvalue weighted by atomic mass is 9.99. The van der Waals surface area contributed by atoms with E-state index in [1.807, 2.05) is 27.3 Å². The van der Waals surface area contributed by atoms with Crippen molar-refractivity contribution >= 4 is 67.5 Å². The van der Waals surface area contributed by atoms with Crippen molar-refractivity contribution in [2.45, 2.75) is 44.2 Å². The topological polar surface area (TPSA) is 112 Å². The van der Waals surface area contributed by atoms with Gasteiger partial charge in [-0.05, 0) is 89.7 Å². The molecule has 8 nitrogen and oxygen atoms in total. The average Bonchev–Trinajstić information content (AvgIpc) is 3.80. The summed E-state index contributed by atoms with van der Waals surface area (Å²) in [6, 6.07) is 6.99. The Balaban J connectivity index is 1.49. The number of anilines is 3.